The minimum atomic E-state index is -0.258. The van der Waals surface area contributed by atoms with E-state index in [-0.39, 0.29) is 11.8 Å². The molecule has 1 aromatic carbocycles. The number of H-pyrrole nitrogens is 1. The van der Waals surface area contributed by atoms with E-state index in [1.54, 1.807) is 0 Å². The normalized spacial score (nSPS) is 11.1. The van der Waals surface area contributed by atoms with Crippen molar-refractivity contribution in [2.24, 2.45) is 0 Å². The molecule has 0 spiro atoms. The molecular weight excluding hydrogens is 212 g/mol. The first-order chi connectivity index (χ1) is 8.14. The molecule has 0 unspecified atom stereocenters. The van der Waals surface area contributed by atoms with Gasteiger partial charge >= 0.3 is 0 Å². The second kappa shape index (κ2) is 4.38. The van der Waals surface area contributed by atoms with E-state index in [1.165, 1.54) is 0 Å². The van der Waals surface area contributed by atoms with Gasteiger partial charge in [-0.1, -0.05) is 30.3 Å². The number of aromatic nitrogens is 3. The number of hydrogen-bond donors (Lipinski definition) is 1. The van der Waals surface area contributed by atoms with Crippen LogP contribution in [0.1, 0.15) is 31.1 Å². The zero-order valence-electron chi connectivity index (χ0n) is 9.94. The molecule has 0 bridgehead atoms. The Kier molecular flexibility index (Phi) is 2.92. The highest BCUT2D eigenvalue weighted by molar-refractivity contribution is 5.30. The van der Waals surface area contributed by atoms with Gasteiger partial charge in [0.15, 0.2) is 5.82 Å². The minimum Gasteiger partial charge on any atom is -0.262 e. The molecule has 4 heteroatoms. The van der Waals surface area contributed by atoms with E-state index in [0.717, 1.165) is 5.56 Å². The van der Waals surface area contributed by atoms with Crippen molar-refractivity contribution >= 4 is 0 Å². The Bertz CT molecular complexity index is 534. The van der Waals surface area contributed by atoms with Gasteiger partial charge in [-0.2, -0.15) is 10.4 Å². The van der Waals surface area contributed by atoms with Crippen molar-refractivity contribution in [2.45, 2.75) is 25.7 Å². The van der Waals surface area contributed by atoms with Gasteiger partial charge < -0.3 is 0 Å². The first kappa shape index (κ1) is 11.3. The molecule has 1 N–H and O–H groups in total. The monoisotopic (exact) mass is 226 g/mol. The maximum atomic E-state index is 8.61. The number of benzene rings is 1. The quantitative estimate of drug-likeness (QED) is 0.872. The molecule has 2 rings (SSSR count). The number of nitriles is 1. The number of nitrogens with one attached hydrogen (secondary N) is 1. The Morgan fingerprint density at radius 1 is 1.29 bits per heavy atom. The van der Waals surface area contributed by atoms with Gasteiger partial charge in [0.1, 0.15) is 5.82 Å². The van der Waals surface area contributed by atoms with Crippen LogP contribution in [0.3, 0.4) is 0 Å². The summed E-state index contributed by atoms with van der Waals surface area (Å²) in [5.41, 5.74) is 0.897. The van der Waals surface area contributed by atoms with Crippen molar-refractivity contribution in [3.05, 3.63) is 47.5 Å². The molecule has 0 atom stereocenters. The van der Waals surface area contributed by atoms with E-state index in [4.69, 9.17) is 5.26 Å². The van der Waals surface area contributed by atoms with Crippen LogP contribution >= 0.6 is 0 Å². The van der Waals surface area contributed by atoms with Gasteiger partial charge in [0, 0.05) is 0 Å². The van der Waals surface area contributed by atoms with Gasteiger partial charge in [-0.15, -0.1) is 0 Å². The van der Waals surface area contributed by atoms with Crippen LogP contribution in [0.2, 0.25) is 0 Å². The summed E-state index contributed by atoms with van der Waals surface area (Å²) >= 11 is 0. The standard InChI is InChI=1S/C13H14N4/c1-13(2,10-6-4-3-5-7-10)12-15-11(8-9-14)16-17-12/h3-7H,8H2,1-2H3,(H,15,16,17). The lowest BCUT2D eigenvalue weighted by Gasteiger charge is -2.21. The van der Waals surface area contributed by atoms with E-state index in [9.17, 15) is 0 Å². The number of rotatable bonds is 3. The van der Waals surface area contributed by atoms with Crippen LogP contribution in [0.4, 0.5) is 0 Å². The molecule has 0 aliphatic heterocycles. The molecule has 4 nitrogen and oxygen atoms in total. The van der Waals surface area contributed by atoms with Crippen molar-refractivity contribution in [2.75, 3.05) is 0 Å². The summed E-state index contributed by atoms with van der Waals surface area (Å²) in [6.07, 6.45) is 0.262. The summed E-state index contributed by atoms with van der Waals surface area (Å²) in [7, 11) is 0. The van der Waals surface area contributed by atoms with E-state index < -0.39 is 0 Å². The molecule has 86 valence electrons. The van der Waals surface area contributed by atoms with Crippen LogP contribution in [0.15, 0.2) is 30.3 Å². The van der Waals surface area contributed by atoms with E-state index in [2.05, 4.69) is 47.2 Å². The number of aromatic amines is 1. The largest absolute Gasteiger partial charge is 0.262 e. The topological polar surface area (TPSA) is 65.4 Å². The molecule has 17 heavy (non-hydrogen) atoms. The lowest BCUT2D eigenvalue weighted by Crippen LogP contribution is -2.20. The highest BCUT2D eigenvalue weighted by atomic mass is 15.2. The van der Waals surface area contributed by atoms with Crippen molar-refractivity contribution in [3.8, 4) is 6.07 Å². The van der Waals surface area contributed by atoms with Crippen LogP contribution in [0.25, 0.3) is 0 Å². The van der Waals surface area contributed by atoms with Crippen LogP contribution in [-0.4, -0.2) is 15.2 Å². The van der Waals surface area contributed by atoms with E-state index in [1.807, 2.05) is 18.2 Å². The maximum absolute atomic E-state index is 8.61. The second-order valence-electron chi connectivity index (χ2n) is 4.43. The molecule has 2 aromatic rings. The molecule has 0 saturated carbocycles. The Balaban J connectivity index is 2.35. The molecule has 0 saturated heterocycles. The third-order valence-electron chi connectivity index (χ3n) is 2.83. The van der Waals surface area contributed by atoms with Gasteiger partial charge in [0.2, 0.25) is 0 Å². The van der Waals surface area contributed by atoms with Crippen molar-refractivity contribution in [1.82, 2.24) is 15.2 Å². The van der Waals surface area contributed by atoms with Gasteiger partial charge in [-0.25, -0.2) is 4.98 Å². The van der Waals surface area contributed by atoms with Crippen LogP contribution in [0, 0.1) is 11.3 Å². The molecule has 0 fully saturated rings. The summed E-state index contributed by atoms with van der Waals surface area (Å²) in [5, 5.41) is 15.6. The first-order valence-electron chi connectivity index (χ1n) is 5.49. The zero-order chi connectivity index (χ0) is 12.3. The van der Waals surface area contributed by atoms with Gasteiger partial charge in [-0.05, 0) is 19.4 Å². The fourth-order valence-corrected chi connectivity index (χ4v) is 1.71. The summed E-state index contributed by atoms with van der Waals surface area (Å²) in [5.74, 6) is 1.33. The summed E-state index contributed by atoms with van der Waals surface area (Å²) in [6, 6.07) is 12.2. The van der Waals surface area contributed by atoms with Crippen molar-refractivity contribution in [3.63, 3.8) is 0 Å². The first-order valence-corrected chi connectivity index (χ1v) is 5.49. The van der Waals surface area contributed by atoms with Gasteiger partial charge in [0.05, 0.1) is 17.9 Å². The average molecular weight is 226 g/mol. The van der Waals surface area contributed by atoms with Gasteiger partial charge in [0.25, 0.3) is 0 Å². The predicted molar refractivity (Wildman–Crippen MR) is 64.3 cm³/mol. The summed E-state index contributed by atoms with van der Waals surface area (Å²) in [6.45, 7) is 4.14. The maximum Gasteiger partial charge on any atom is 0.160 e. The zero-order valence-corrected chi connectivity index (χ0v) is 9.94. The summed E-state index contributed by atoms with van der Waals surface area (Å²) in [4.78, 5) is 4.36. The third-order valence-corrected chi connectivity index (χ3v) is 2.83. The fourth-order valence-electron chi connectivity index (χ4n) is 1.71. The Labute approximate surface area is 100 Å². The molecule has 0 aliphatic rings. The Morgan fingerprint density at radius 3 is 2.65 bits per heavy atom. The van der Waals surface area contributed by atoms with Crippen molar-refractivity contribution < 1.29 is 0 Å². The third kappa shape index (κ3) is 2.18. The van der Waals surface area contributed by atoms with Crippen LogP contribution in [-0.2, 0) is 11.8 Å². The summed E-state index contributed by atoms with van der Waals surface area (Å²) < 4.78 is 0. The smallest absolute Gasteiger partial charge is 0.160 e. The lowest BCUT2D eigenvalue weighted by atomic mass is 9.84. The van der Waals surface area contributed by atoms with E-state index in [0.29, 0.717) is 11.6 Å². The van der Waals surface area contributed by atoms with Crippen LogP contribution < -0.4 is 0 Å². The molecule has 0 amide bonds. The predicted octanol–water partition coefficient (Wildman–Crippen LogP) is 2.20. The lowest BCUT2D eigenvalue weighted by molar-refractivity contribution is 0.593. The SMILES string of the molecule is CC(C)(c1ccccc1)c1n[nH]c(CC#N)n1. The molecule has 0 aliphatic carbocycles. The number of nitrogens with zero attached hydrogens (tertiary/aromatic N) is 3. The second-order valence-corrected chi connectivity index (χ2v) is 4.43. The van der Waals surface area contributed by atoms with Crippen LogP contribution in [0.5, 0.6) is 0 Å². The fraction of sp³-hybridized carbons (Fsp3) is 0.308. The Morgan fingerprint density at radius 2 is 2.00 bits per heavy atom. The molecule has 1 aromatic heterocycles. The number of hydrogen-bond acceptors (Lipinski definition) is 3. The molecule has 0 radical (unpaired) electrons. The molecule has 1 heterocycles. The Hall–Kier alpha value is -2.15. The average Bonchev–Trinajstić information content (AvgIpc) is 2.80. The highest BCUT2D eigenvalue weighted by Gasteiger charge is 2.27. The highest BCUT2D eigenvalue weighted by Crippen LogP contribution is 2.28. The van der Waals surface area contributed by atoms with Crippen molar-refractivity contribution in [1.29, 1.82) is 5.26 Å². The van der Waals surface area contributed by atoms with Gasteiger partial charge in [-0.3, -0.25) is 5.10 Å². The minimum absolute atomic E-state index is 0.258. The molecular formula is C13H14N4. The van der Waals surface area contributed by atoms with E-state index >= 15 is 0 Å².